The van der Waals surface area contributed by atoms with Crippen molar-refractivity contribution in [1.82, 2.24) is 39.2 Å². The van der Waals surface area contributed by atoms with Crippen molar-refractivity contribution in [3.8, 4) is 45.5 Å². The molecular formula is C44H30Cl2N8O5S4. The van der Waals surface area contributed by atoms with Crippen molar-refractivity contribution in [3.63, 3.8) is 0 Å². The summed E-state index contributed by atoms with van der Waals surface area (Å²) < 4.78 is 53.3. The lowest BCUT2D eigenvalue weighted by Gasteiger charge is -2.06. The Bertz CT molecular complexity index is 3210. The molecule has 6 heterocycles. The van der Waals surface area contributed by atoms with Gasteiger partial charge in [0, 0.05) is 33.6 Å². The monoisotopic (exact) mass is 948 g/mol. The maximum Gasteiger partial charge on any atom is 0.233 e. The van der Waals surface area contributed by atoms with Gasteiger partial charge in [-0.15, -0.1) is 10.2 Å². The number of sulfone groups is 1. The van der Waals surface area contributed by atoms with E-state index in [1.54, 1.807) is 77.7 Å². The fourth-order valence-electron chi connectivity index (χ4n) is 5.94. The van der Waals surface area contributed by atoms with Gasteiger partial charge in [-0.3, -0.25) is 14.2 Å². The summed E-state index contributed by atoms with van der Waals surface area (Å²) in [4.78, 5) is 18.7. The van der Waals surface area contributed by atoms with Gasteiger partial charge in [-0.25, -0.2) is 27.4 Å². The van der Waals surface area contributed by atoms with Crippen molar-refractivity contribution in [3.05, 3.63) is 180 Å². The first kappa shape index (κ1) is 42.0. The zero-order valence-electron chi connectivity index (χ0n) is 32.4. The van der Waals surface area contributed by atoms with Crippen LogP contribution in [0.5, 0.6) is 23.0 Å². The molecule has 0 aliphatic heterocycles. The molecule has 0 aliphatic rings. The second kappa shape index (κ2) is 18.6. The molecule has 0 amide bonds. The molecule has 10 rings (SSSR count). The van der Waals surface area contributed by atoms with E-state index in [1.165, 1.54) is 15.9 Å². The van der Waals surface area contributed by atoms with Gasteiger partial charge in [0.1, 0.15) is 23.0 Å². The summed E-state index contributed by atoms with van der Waals surface area (Å²) in [6.07, 6.45) is 6.81. The van der Waals surface area contributed by atoms with Crippen LogP contribution in [0.1, 0.15) is 11.4 Å². The third-order valence-electron chi connectivity index (χ3n) is 8.98. The second-order valence-electron chi connectivity index (χ2n) is 13.5. The van der Waals surface area contributed by atoms with E-state index in [0.717, 1.165) is 45.4 Å². The predicted octanol–water partition coefficient (Wildman–Crippen LogP) is 10.9. The molecule has 1 unspecified atom stereocenters. The van der Waals surface area contributed by atoms with Gasteiger partial charge in [0.2, 0.25) is 28.4 Å². The number of benzene rings is 4. The molecule has 0 fully saturated rings. The summed E-state index contributed by atoms with van der Waals surface area (Å²) in [5, 5.41) is 9.99. The number of nitrogens with zero attached hydrogens (tertiary/aromatic N) is 8. The highest BCUT2D eigenvalue weighted by Crippen LogP contribution is 2.31. The first-order valence-corrected chi connectivity index (χ1v) is 24.2. The number of imidazole rings is 2. The molecule has 10 aromatic rings. The molecule has 13 nitrogen and oxygen atoms in total. The first-order valence-electron chi connectivity index (χ1n) is 18.8. The largest absolute Gasteiger partial charge is 0.457 e. The van der Waals surface area contributed by atoms with Crippen LogP contribution in [-0.2, 0) is 32.1 Å². The van der Waals surface area contributed by atoms with Crippen LogP contribution < -0.4 is 9.47 Å². The Morgan fingerprint density at radius 3 is 1.49 bits per heavy atom. The van der Waals surface area contributed by atoms with Crippen LogP contribution >= 0.6 is 45.9 Å². The summed E-state index contributed by atoms with van der Waals surface area (Å²) in [6, 6.07) is 40.2. The SMILES string of the molecule is O=S(=O)(Cc1ccccn1)c1nn2cc(-c3ccc(Oc4ccc(Cl)cc4)cc3)nc2s1.O=S(Cc1ccccn1)c1nn2cc(-c3ccc(Oc4ccc(Cl)cc4)cc3)nc2s1. The average molecular weight is 950 g/mol. The van der Waals surface area contributed by atoms with Crippen molar-refractivity contribution in [2.75, 3.05) is 0 Å². The number of pyridine rings is 2. The summed E-state index contributed by atoms with van der Waals surface area (Å²) in [7, 11) is -4.86. The maximum atomic E-state index is 12.7. The lowest BCUT2D eigenvalue weighted by atomic mass is 10.2. The average Bonchev–Trinajstić information content (AvgIpc) is 4.08. The minimum absolute atomic E-state index is 0.0175. The highest BCUT2D eigenvalue weighted by molar-refractivity contribution is 7.92. The number of hydrogen-bond acceptors (Lipinski definition) is 13. The molecule has 314 valence electrons. The highest BCUT2D eigenvalue weighted by Gasteiger charge is 2.23. The fraction of sp³-hybridized carbons (Fsp3) is 0.0455. The van der Waals surface area contributed by atoms with E-state index in [9.17, 15) is 12.6 Å². The van der Waals surface area contributed by atoms with Gasteiger partial charge in [-0.2, -0.15) is 0 Å². The van der Waals surface area contributed by atoms with E-state index in [2.05, 4.69) is 30.1 Å². The predicted molar refractivity (Wildman–Crippen MR) is 245 cm³/mol. The van der Waals surface area contributed by atoms with Gasteiger partial charge >= 0.3 is 0 Å². The standard InChI is InChI=1S/C22H15ClN4O3S2.C22H15ClN4O2S2/c23-16-6-10-19(11-7-16)30-18-8-4-15(5-9-18)20-13-27-21(25-20)31-22(26-27)32(28,29)14-17-3-1-2-12-24-17;23-16-6-10-19(11-7-16)29-18-8-4-15(5-9-18)20-13-27-21(25-20)30-22(26-27)31(28)14-17-3-1-2-12-24-17/h1-13H,14H2;1-13H,14H2. The quantitative estimate of drug-likeness (QED) is 0.115. The van der Waals surface area contributed by atoms with Crippen LogP contribution in [-0.4, -0.2) is 51.8 Å². The number of hydrogen-bond donors (Lipinski definition) is 0. The number of aromatic nitrogens is 8. The second-order valence-corrected chi connectivity index (χ2v) is 20.1. The molecule has 0 saturated heterocycles. The van der Waals surface area contributed by atoms with Gasteiger partial charge < -0.3 is 9.47 Å². The topological polar surface area (TPSA) is 156 Å². The molecule has 4 aromatic carbocycles. The normalized spacial score (nSPS) is 11.9. The summed E-state index contributed by atoms with van der Waals surface area (Å²) in [6.45, 7) is 0. The minimum Gasteiger partial charge on any atom is -0.457 e. The molecule has 0 N–H and O–H groups in total. The number of halogens is 2. The Labute approximate surface area is 380 Å². The van der Waals surface area contributed by atoms with E-state index in [4.69, 9.17) is 32.7 Å². The van der Waals surface area contributed by atoms with Gasteiger partial charge in [0.05, 0.1) is 57.5 Å². The molecule has 0 aliphatic carbocycles. The smallest absolute Gasteiger partial charge is 0.233 e. The number of ether oxygens (including phenoxy) is 2. The van der Waals surface area contributed by atoms with Gasteiger partial charge in [0.25, 0.3) is 0 Å². The van der Waals surface area contributed by atoms with Crippen LogP contribution in [0, 0.1) is 0 Å². The van der Waals surface area contributed by atoms with Crippen LogP contribution in [0.15, 0.2) is 167 Å². The molecule has 0 radical (unpaired) electrons. The van der Waals surface area contributed by atoms with Crippen molar-refractivity contribution in [2.45, 2.75) is 20.2 Å². The van der Waals surface area contributed by atoms with Crippen molar-refractivity contribution < 1.29 is 22.1 Å². The van der Waals surface area contributed by atoms with E-state index >= 15 is 0 Å². The molecule has 19 heteroatoms. The molecule has 1 atom stereocenters. The lowest BCUT2D eigenvalue weighted by Crippen LogP contribution is -2.06. The molecule has 6 aromatic heterocycles. The van der Waals surface area contributed by atoms with E-state index < -0.39 is 20.6 Å². The van der Waals surface area contributed by atoms with Gasteiger partial charge in [-0.1, -0.05) is 58.0 Å². The minimum atomic E-state index is -3.60. The van der Waals surface area contributed by atoms with Gasteiger partial charge in [0.15, 0.2) is 0 Å². The third-order valence-corrected chi connectivity index (χ3v) is 15.1. The lowest BCUT2D eigenvalue weighted by molar-refractivity contribution is 0.482. The summed E-state index contributed by atoms with van der Waals surface area (Å²) in [5.41, 5.74) is 4.54. The summed E-state index contributed by atoms with van der Waals surface area (Å²) in [5.74, 6) is 2.94. The number of fused-ring (bicyclic) bond motifs is 2. The van der Waals surface area contributed by atoms with Crippen LogP contribution in [0.25, 0.3) is 32.4 Å². The Hall–Kier alpha value is -6.34. The maximum absolute atomic E-state index is 12.7. The molecular weight excluding hydrogens is 920 g/mol. The highest BCUT2D eigenvalue weighted by atomic mass is 35.5. The van der Waals surface area contributed by atoms with E-state index in [-0.39, 0.29) is 10.1 Å². The summed E-state index contributed by atoms with van der Waals surface area (Å²) >= 11 is 14.2. The van der Waals surface area contributed by atoms with Crippen molar-refractivity contribution in [1.29, 1.82) is 0 Å². The Morgan fingerprint density at radius 2 is 1.03 bits per heavy atom. The molecule has 0 spiro atoms. The third kappa shape index (κ3) is 10.3. The Morgan fingerprint density at radius 1 is 0.571 bits per heavy atom. The van der Waals surface area contributed by atoms with Crippen molar-refractivity contribution in [2.24, 2.45) is 0 Å². The van der Waals surface area contributed by atoms with E-state index in [1.807, 2.05) is 85.1 Å². The first-order chi connectivity index (χ1) is 30.6. The zero-order valence-corrected chi connectivity index (χ0v) is 37.2. The fourth-order valence-corrected chi connectivity index (χ4v) is 10.7. The molecule has 0 bridgehead atoms. The van der Waals surface area contributed by atoms with Gasteiger partial charge in [-0.05, 0) is 121 Å². The van der Waals surface area contributed by atoms with Crippen molar-refractivity contribution >= 4 is 76.4 Å². The zero-order chi connectivity index (χ0) is 43.3. The van der Waals surface area contributed by atoms with Crippen LogP contribution in [0.4, 0.5) is 0 Å². The van der Waals surface area contributed by atoms with E-state index in [0.29, 0.717) is 52.9 Å². The Kier molecular flexibility index (Phi) is 12.4. The Balaban J connectivity index is 0.000000160. The number of rotatable bonds is 12. The van der Waals surface area contributed by atoms with Crippen LogP contribution in [0.3, 0.4) is 0 Å². The molecule has 0 saturated carbocycles. The van der Waals surface area contributed by atoms with Crippen LogP contribution in [0.2, 0.25) is 10.0 Å². The molecule has 63 heavy (non-hydrogen) atoms.